The fourth-order valence-corrected chi connectivity index (χ4v) is 5.29. The van der Waals surface area contributed by atoms with Crippen LogP contribution in [0, 0.1) is 0 Å². The van der Waals surface area contributed by atoms with Crippen molar-refractivity contribution in [1.29, 1.82) is 0 Å². The van der Waals surface area contributed by atoms with Crippen LogP contribution in [0.15, 0.2) is 64.3 Å². The highest BCUT2D eigenvalue weighted by Gasteiger charge is 2.31. The number of nitrogens with zero attached hydrogens (tertiary/aromatic N) is 4. The number of hydrogen-bond donors (Lipinski definition) is 1. The molecule has 1 N–H and O–H groups in total. The Morgan fingerprint density at radius 2 is 1.78 bits per heavy atom. The molecule has 10 heteroatoms. The smallest absolute Gasteiger partial charge is 0.331 e. The number of carbonyl (C=O) groups is 2. The van der Waals surface area contributed by atoms with Crippen molar-refractivity contribution in [2.24, 2.45) is 7.05 Å². The van der Waals surface area contributed by atoms with Gasteiger partial charge < -0.3 is 15.1 Å². The van der Waals surface area contributed by atoms with E-state index in [4.69, 9.17) is 11.6 Å². The van der Waals surface area contributed by atoms with Crippen molar-refractivity contribution < 1.29 is 9.59 Å². The molecular weight excluding hydrogens is 494 g/mol. The van der Waals surface area contributed by atoms with Gasteiger partial charge in [-0.05, 0) is 48.6 Å². The minimum atomic E-state index is -0.556. The van der Waals surface area contributed by atoms with Crippen molar-refractivity contribution in [1.82, 2.24) is 18.9 Å². The van der Waals surface area contributed by atoms with Crippen molar-refractivity contribution in [2.75, 3.05) is 25.0 Å². The third kappa shape index (κ3) is 5.04. The first kappa shape index (κ1) is 24.8. The van der Waals surface area contributed by atoms with Gasteiger partial charge in [0.25, 0.3) is 5.56 Å². The van der Waals surface area contributed by atoms with Gasteiger partial charge in [0.15, 0.2) is 0 Å². The fourth-order valence-electron chi connectivity index (χ4n) is 5.10. The summed E-state index contributed by atoms with van der Waals surface area (Å²) in [6.45, 7) is 1.43. The fraction of sp³-hybridized carbons (Fsp3) is 0.333. The van der Waals surface area contributed by atoms with Crippen LogP contribution in [0.2, 0.25) is 5.02 Å². The summed E-state index contributed by atoms with van der Waals surface area (Å²) in [6, 6.07) is 14.6. The predicted molar refractivity (Wildman–Crippen MR) is 142 cm³/mol. The molecule has 3 aromatic rings. The van der Waals surface area contributed by atoms with Crippen LogP contribution in [0.25, 0.3) is 11.1 Å². The summed E-state index contributed by atoms with van der Waals surface area (Å²) in [5.74, 6) is -0.205. The van der Waals surface area contributed by atoms with Gasteiger partial charge >= 0.3 is 11.7 Å². The summed E-state index contributed by atoms with van der Waals surface area (Å²) < 4.78 is 2.28. The maximum absolute atomic E-state index is 13.1. The molecule has 0 aliphatic carbocycles. The lowest BCUT2D eigenvalue weighted by molar-refractivity contribution is -0.133. The molecule has 37 heavy (non-hydrogen) atoms. The lowest BCUT2D eigenvalue weighted by Crippen LogP contribution is -2.51. The van der Waals surface area contributed by atoms with Crippen LogP contribution >= 0.6 is 11.6 Å². The molecule has 192 valence electrons. The van der Waals surface area contributed by atoms with E-state index in [1.54, 1.807) is 29.2 Å². The summed E-state index contributed by atoms with van der Waals surface area (Å²) in [5.41, 5.74) is 1.83. The number of rotatable bonds is 4. The van der Waals surface area contributed by atoms with E-state index in [-0.39, 0.29) is 24.5 Å². The van der Waals surface area contributed by atoms with Gasteiger partial charge in [-0.1, -0.05) is 41.9 Å². The molecule has 3 amide bonds. The predicted octanol–water partition coefficient (Wildman–Crippen LogP) is 2.95. The van der Waals surface area contributed by atoms with E-state index in [9.17, 15) is 19.2 Å². The molecule has 2 aromatic carbocycles. The highest BCUT2D eigenvalue weighted by Crippen LogP contribution is 2.25. The number of aromatic nitrogens is 2. The first-order valence-corrected chi connectivity index (χ1v) is 12.7. The molecule has 2 aliphatic rings. The SMILES string of the molecule is Cn1c(=O)c(-c2cccc(Cl)c2)cn(CC(=O)N2CCC(N3CCc4ccccc4NC3=O)CC2)c1=O. The Bertz CT molecular complexity index is 1470. The van der Waals surface area contributed by atoms with E-state index in [0.717, 1.165) is 22.2 Å². The van der Waals surface area contributed by atoms with Crippen LogP contribution in [-0.4, -0.2) is 56.5 Å². The summed E-state index contributed by atoms with van der Waals surface area (Å²) in [6.07, 6.45) is 3.52. The highest BCUT2D eigenvalue weighted by molar-refractivity contribution is 6.30. The lowest BCUT2D eigenvalue weighted by atomic mass is 10.0. The number of carbonyl (C=O) groups excluding carboxylic acids is 2. The van der Waals surface area contributed by atoms with E-state index in [2.05, 4.69) is 5.32 Å². The first-order valence-electron chi connectivity index (χ1n) is 12.3. The number of benzene rings is 2. The summed E-state index contributed by atoms with van der Waals surface area (Å²) in [4.78, 5) is 55.1. The second-order valence-electron chi connectivity index (χ2n) is 9.47. The third-order valence-corrected chi connectivity index (χ3v) is 7.43. The Morgan fingerprint density at radius 1 is 1.03 bits per heavy atom. The standard InChI is InChI=1S/C27H28ClN5O4/c1-30-25(35)22(19-6-4-7-20(28)15-19)16-32(27(30)37)17-24(34)31-12-10-21(11-13-31)33-14-9-18-5-2-3-8-23(18)29-26(33)36/h2-8,15-16,21H,9-14,17H2,1H3,(H,29,36). The Labute approximate surface area is 218 Å². The molecule has 0 unspecified atom stereocenters. The number of nitrogens with one attached hydrogen (secondary N) is 1. The van der Waals surface area contributed by atoms with Gasteiger partial charge in [-0.25, -0.2) is 9.59 Å². The molecule has 2 aliphatic heterocycles. The molecule has 0 atom stereocenters. The van der Waals surface area contributed by atoms with Crippen molar-refractivity contribution in [3.05, 3.63) is 86.2 Å². The zero-order valence-electron chi connectivity index (χ0n) is 20.5. The number of para-hydroxylation sites is 1. The number of halogens is 1. The maximum Gasteiger partial charge on any atom is 0.331 e. The molecule has 1 saturated heterocycles. The number of fused-ring (bicyclic) bond motifs is 1. The average molecular weight is 522 g/mol. The van der Waals surface area contributed by atoms with E-state index >= 15 is 0 Å². The second-order valence-corrected chi connectivity index (χ2v) is 9.91. The van der Waals surface area contributed by atoms with Gasteiger partial charge in [-0.3, -0.25) is 18.7 Å². The molecule has 0 bridgehead atoms. The summed E-state index contributed by atoms with van der Waals surface area (Å²) in [7, 11) is 1.40. The van der Waals surface area contributed by atoms with Crippen molar-refractivity contribution >= 4 is 29.2 Å². The molecule has 0 spiro atoms. The van der Waals surface area contributed by atoms with Gasteiger partial charge in [0.1, 0.15) is 6.54 Å². The van der Waals surface area contributed by atoms with Crippen LogP contribution in [0.5, 0.6) is 0 Å². The van der Waals surface area contributed by atoms with Gasteiger partial charge in [0, 0.05) is 49.6 Å². The van der Waals surface area contributed by atoms with Crippen molar-refractivity contribution in [3.63, 3.8) is 0 Å². The van der Waals surface area contributed by atoms with E-state index in [1.807, 2.05) is 29.2 Å². The molecule has 5 rings (SSSR count). The monoisotopic (exact) mass is 521 g/mol. The Morgan fingerprint density at radius 3 is 2.54 bits per heavy atom. The highest BCUT2D eigenvalue weighted by atomic mass is 35.5. The van der Waals surface area contributed by atoms with E-state index in [0.29, 0.717) is 48.6 Å². The van der Waals surface area contributed by atoms with Gasteiger partial charge in [0.05, 0.1) is 5.56 Å². The van der Waals surface area contributed by atoms with Crippen LogP contribution in [0.4, 0.5) is 10.5 Å². The minimum absolute atomic E-state index is 0.0352. The van der Waals surface area contributed by atoms with Gasteiger partial charge in [0.2, 0.25) is 5.91 Å². The zero-order valence-corrected chi connectivity index (χ0v) is 21.3. The van der Waals surface area contributed by atoms with Gasteiger partial charge in [-0.15, -0.1) is 0 Å². The maximum atomic E-state index is 13.1. The quantitative estimate of drug-likeness (QED) is 0.571. The molecule has 9 nitrogen and oxygen atoms in total. The average Bonchev–Trinajstić information content (AvgIpc) is 3.07. The van der Waals surface area contributed by atoms with E-state index in [1.165, 1.54) is 17.8 Å². The number of anilines is 1. The van der Waals surface area contributed by atoms with Crippen LogP contribution < -0.4 is 16.6 Å². The topological polar surface area (TPSA) is 96.7 Å². The first-order chi connectivity index (χ1) is 17.8. The molecule has 0 saturated carbocycles. The largest absolute Gasteiger partial charge is 0.341 e. The Balaban J connectivity index is 1.26. The van der Waals surface area contributed by atoms with Crippen LogP contribution in [-0.2, 0) is 24.8 Å². The van der Waals surface area contributed by atoms with E-state index < -0.39 is 11.2 Å². The van der Waals surface area contributed by atoms with Gasteiger partial charge in [-0.2, -0.15) is 0 Å². The lowest BCUT2D eigenvalue weighted by Gasteiger charge is -2.38. The number of likely N-dealkylation sites (tertiary alicyclic amines) is 1. The molecule has 3 heterocycles. The summed E-state index contributed by atoms with van der Waals surface area (Å²) >= 11 is 6.09. The number of amides is 3. The molecule has 1 fully saturated rings. The van der Waals surface area contributed by atoms with Crippen LogP contribution in [0.3, 0.4) is 0 Å². The van der Waals surface area contributed by atoms with Crippen molar-refractivity contribution in [3.8, 4) is 11.1 Å². The van der Waals surface area contributed by atoms with Crippen LogP contribution in [0.1, 0.15) is 18.4 Å². The normalized spacial score (nSPS) is 16.2. The second kappa shape index (κ2) is 10.3. The zero-order chi connectivity index (χ0) is 26.1. The summed E-state index contributed by atoms with van der Waals surface area (Å²) in [5, 5.41) is 3.48. The Kier molecular flexibility index (Phi) is 6.88. The molecular formula is C27H28ClN5O4. The minimum Gasteiger partial charge on any atom is -0.341 e. The third-order valence-electron chi connectivity index (χ3n) is 7.19. The number of hydrogen-bond acceptors (Lipinski definition) is 4. The number of piperidine rings is 1. The molecule has 1 aromatic heterocycles. The Hall–Kier alpha value is -3.85. The molecule has 0 radical (unpaired) electrons. The number of urea groups is 1. The van der Waals surface area contributed by atoms with Crippen molar-refractivity contribution in [2.45, 2.75) is 31.8 Å².